The van der Waals surface area contributed by atoms with E-state index in [0.717, 1.165) is 67.0 Å². The molecule has 0 radical (unpaired) electrons. The molecule has 2 aliphatic rings. The lowest BCUT2D eigenvalue weighted by Crippen LogP contribution is -2.52. The first-order valence-electron chi connectivity index (χ1n) is 10.5. The van der Waals surface area contributed by atoms with Gasteiger partial charge in [-0.25, -0.2) is 9.78 Å². The quantitative estimate of drug-likeness (QED) is 0.711. The molecule has 0 spiro atoms. The predicted octanol–water partition coefficient (Wildman–Crippen LogP) is 3.34. The van der Waals surface area contributed by atoms with Crippen LogP contribution in [-0.2, 0) is 0 Å². The number of likely N-dealkylation sites (tertiary alicyclic amines) is 1. The van der Waals surface area contributed by atoms with E-state index in [2.05, 4.69) is 9.88 Å². The molecule has 2 aliphatic heterocycles. The number of urea groups is 1. The summed E-state index contributed by atoms with van der Waals surface area (Å²) in [4.78, 5) is 28.2. The number of piperazine rings is 1. The normalized spacial score (nSPS) is 17.0. The molecule has 3 aromatic rings. The Morgan fingerprint density at radius 2 is 1.47 bits per heavy atom. The fourth-order valence-electron chi connectivity index (χ4n) is 4.22. The SMILES string of the molecule is O=C(N1CCCC1)N1CCN(c2cnc3ccc(-c4ccc(O)cc4)cc3n2)CC1. The fraction of sp³-hybridized carbons (Fsp3) is 0.348. The molecule has 0 unspecified atom stereocenters. The van der Waals surface area contributed by atoms with Gasteiger partial charge in [0.1, 0.15) is 11.6 Å². The van der Waals surface area contributed by atoms with E-state index in [0.29, 0.717) is 13.1 Å². The van der Waals surface area contributed by atoms with Gasteiger partial charge in [0, 0.05) is 39.3 Å². The standard InChI is InChI=1S/C23H25N5O2/c29-19-6-3-17(4-7-19)18-5-8-20-21(15-18)25-22(16-24-20)26-11-13-28(14-12-26)23(30)27-9-1-2-10-27/h3-8,15-16,29H,1-2,9-14H2. The third-order valence-electron chi connectivity index (χ3n) is 5.98. The average molecular weight is 403 g/mol. The molecule has 7 nitrogen and oxygen atoms in total. The number of nitrogens with zero attached hydrogens (tertiary/aromatic N) is 5. The zero-order valence-electron chi connectivity index (χ0n) is 16.9. The summed E-state index contributed by atoms with van der Waals surface area (Å²) < 4.78 is 0. The smallest absolute Gasteiger partial charge is 0.320 e. The summed E-state index contributed by atoms with van der Waals surface area (Å²) in [5.74, 6) is 1.10. The minimum absolute atomic E-state index is 0.176. The second-order valence-corrected chi connectivity index (χ2v) is 7.93. The Bertz CT molecular complexity index is 1050. The van der Waals surface area contributed by atoms with Gasteiger partial charge in [-0.3, -0.25) is 4.98 Å². The molecule has 2 saturated heterocycles. The van der Waals surface area contributed by atoms with Gasteiger partial charge in [0.2, 0.25) is 0 Å². The first-order valence-corrected chi connectivity index (χ1v) is 10.5. The number of hydrogen-bond donors (Lipinski definition) is 1. The number of fused-ring (bicyclic) bond motifs is 1. The number of hydrogen-bond acceptors (Lipinski definition) is 5. The van der Waals surface area contributed by atoms with Crippen molar-refractivity contribution < 1.29 is 9.90 Å². The number of anilines is 1. The van der Waals surface area contributed by atoms with E-state index < -0.39 is 0 Å². The summed E-state index contributed by atoms with van der Waals surface area (Å²) in [5, 5.41) is 9.52. The molecule has 0 aliphatic carbocycles. The Hall–Kier alpha value is -3.35. The van der Waals surface area contributed by atoms with Crippen molar-refractivity contribution in [2.45, 2.75) is 12.8 Å². The van der Waals surface area contributed by atoms with Crippen LogP contribution in [0.1, 0.15) is 12.8 Å². The fourth-order valence-corrected chi connectivity index (χ4v) is 4.22. The highest BCUT2D eigenvalue weighted by atomic mass is 16.3. The molecule has 2 fully saturated rings. The van der Waals surface area contributed by atoms with Crippen LogP contribution in [0, 0.1) is 0 Å². The molecule has 7 heteroatoms. The molecule has 5 rings (SSSR count). The van der Waals surface area contributed by atoms with E-state index in [1.807, 2.05) is 46.3 Å². The van der Waals surface area contributed by atoms with Crippen LogP contribution in [0.2, 0.25) is 0 Å². The molecule has 0 saturated carbocycles. The van der Waals surface area contributed by atoms with Gasteiger partial charge in [0.05, 0.1) is 17.2 Å². The summed E-state index contributed by atoms with van der Waals surface area (Å²) in [6, 6.07) is 13.4. The van der Waals surface area contributed by atoms with E-state index in [1.54, 1.807) is 12.1 Å². The van der Waals surface area contributed by atoms with Crippen LogP contribution in [0.15, 0.2) is 48.7 Å². The Morgan fingerprint density at radius 1 is 0.800 bits per heavy atom. The van der Waals surface area contributed by atoms with E-state index in [9.17, 15) is 9.90 Å². The third-order valence-corrected chi connectivity index (χ3v) is 5.98. The van der Waals surface area contributed by atoms with Gasteiger partial charge >= 0.3 is 6.03 Å². The van der Waals surface area contributed by atoms with Gasteiger partial charge in [0.25, 0.3) is 0 Å². The average Bonchev–Trinajstić information content (AvgIpc) is 3.33. The molecule has 1 N–H and O–H groups in total. The summed E-state index contributed by atoms with van der Waals surface area (Å²) in [5.41, 5.74) is 3.75. The first-order chi connectivity index (χ1) is 14.7. The zero-order chi connectivity index (χ0) is 20.5. The lowest BCUT2D eigenvalue weighted by Gasteiger charge is -2.37. The summed E-state index contributed by atoms with van der Waals surface area (Å²) >= 11 is 0. The number of aromatic hydroxyl groups is 1. The number of carbonyl (C=O) groups is 1. The monoisotopic (exact) mass is 403 g/mol. The summed E-state index contributed by atoms with van der Waals surface area (Å²) in [7, 11) is 0. The van der Waals surface area contributed by atoms with Crippen molar-refractivity contribution in [1.82, 2.24) is 19.8 Å². The molecule has 3 heterocycles. The zero-order valence-corrected chi connectivity index (χ0v) is 16.9. The molecular weight excluding hydrogens is 378 g/mol. The highest BCUT2D eigenvalue weighted by Crippen LogP contribution is 2.26. The van der Waals surface area contributed by atoms with Crippen molar-refractivity contribution in [3.8, 4) is 16.9 Å². The van der Waals surface area contributed by atoms with Gasteiger partial charge in [0.15, 0.2) is 0 Å². The van der Waals surface area contributed by atoms with Gasteiger partial charge in [-0.05, 0) is 48.2 Å². The van der Waals surface area contributed by atoms with Crippen molar-refractivity contribution in [2.75, 3.05) is 44.2 Å². The minimum atomic E-state index is 0.176. The Balaban J connectivity index is 1.32. The summed E-state index contributed by atoms with van der Waals surface area (Å²) in [6.45, 7) is 4.72. The number of phenols is 1. The van der Waals surface area contributed by atoms with Crippen LogP contribution in [0.25, 0.3) is 22.2 Å². The molecule has 2 aromatic carbocycles. The van der Waals surface area contributed by atoms with Crippen molar-refractivity contribution in [3.63, 3.8) is 0 Å². The number of amides is 2. The van der Waals surface area contributed by atoms with Crippen LogP contribution >= 0.6 is 0 Å². The van der Waals surface area contributed by atoms with Crippen molar-refractivity contribution in [1.29, 1.82) is 0 Å². The van der Waals surface area contributed by atoms with E-state index in [-0.39, 0.29) is 11.8 Å². The molecule has 154 valence electrons. The molecule has 2 amide bonds. The van der Waals surface area contributed by atoms with Gasteiger partial charge in [-0.1, -0.05) is 18.2 Å². The Morgan fingerprint density at radius 3 is 2.20 bits per heavy atom. The van der Waals surface area contributed by atoms with Crippen molar-refractivity contribution in [2.24, 2.45) is 0 Å². The number of phenolic OH excluding ortho intramolecular Hbond substituents is 1. The summed E-state index contributed by atoms with van der Waals surface area (Å²) in [6.07, 6.45) is 4.05. The van der Waals surface area contributed by atoms with Crippen LogP contribution in [-0.4, -0.2) is 70.2 Å². The van der Waals surface area contributed by atoms with Gasteiger partial charge < -0.3 is 19.8 Å². The maximum absolute atomic E-state index is 12.6. The van der Waals surface area contributed by atoms with Gasteiger partial charge in [-0.2, -0.15) is 0 Å². The molecular formula is C23H25N5O2. The van der Waals surface area contributed by atoms with Crippen molar-refractivity contribution >= 4 is 22.9 Å². The Kier molecular flexibility index (Phi) is 4.86. The van der Waals surface area contributed by atoms with Crippen LogP contribution < -0.4 is 4.90 Å². The molecule has 0 atom stereocenters. The largest absolute Gasteiger partial charge is 0.508 e. The molecule has 0 bridgehead atoms. The topological polar surface area (TPSA) is 72.8 Å². The second-order valence-electron chi connectivity index (χ2n) is 7.93. The Labute approximate surface area is 175 Å². The van der Waals surface area contributed by atoms with Crippen molar-refractivity contribution in [3.05, 3.63) is 48.7 Å². The molecule has 30 heavy (non-hydrogen) atoms. The van der Waals surface area contributed by atoms with Crippen LogP contribution in [0.5, 0.6) is 5.75 Å². The predicted molar refractivity (Wildman–Crippen MR) is 117 cm³/mol. The van der Waals surface area contributed by atoms with E-state index >= 15 is 0 Å². The van der Waals surface area contributed by atoms with E-state index in [1.165, 1.54) is 0 Å². The number of rotatable bonds is 2. The van der Waals surface area contributed by atoms with E-state index in [4.69, 9.17) is 4.98 Å². The number of benzene rings is 2. The molecule has 1 aromatic heterocycles. The van der Waals surface area contributed by atoms with Crippen LogP contribution in [0.3, 0.4) is 0 Å². The lowest BCUT2D eigenvalue weighted by atomic mass is 10.0. The first kappa shape index (κ1) is 18.7. The maximum atomic E-state index is 12.6. The number of aromatic nitrogens is 2. The highest BCUT2D eigenvalue weighted by Gasteiger charge is 2.27. The maximum Gasteiger partial charge on any atom is 0.320 e. The van der Waals surface area contributed by atoms with Gasteiger partial charge in [-0.15, -0.1) is 0 Å². The highest BCUT2D eigenvalue weighted by molar-refractivity contribution is 5.82. The minimum Gasteiger partial charge on any atom is -0.508 e. The lowest BCUT2D eigenvalue weighted by molar-refractivity contribution is 0.159. The number of carbonyl (C=O) groups excluding carboxylic acids is 1. The third kappa shape index (κ3) is 3.63. The van der Waals surface area contributed by atoms with Crippen LogP contribution in [0.4, 0.5) is 10.6 Å². The second kappa shape index (κ2) is 7.82.